The number of ether oxygens (including phenoxy) is 1. The second kappa shape index (κ2) is 8.15. The maximum Gasteiger partial charge on any atom is 0.328 e. The molecule has 0 saturated carbocycles. The number of nitrogens with one attached hydrogen (secondary N) is 1. The summed E-state index contributed by atoms with van der Waals surface area (Å²) >= 11 is 0. The van der Waals surface area contributed by atoms with Crippen molar-refractivity contribution in [2.24, 2.45) is 0 Å². The number of nitrogens with zero attached hydrogens (tertiary/aromatic N) is 1. The van der Waals surface area contributed by atoms with Gasteiger partial charge in [0.25, 0.3) is 5.91 Å². The predicted octanol–water partition coefficient (Wildman–Crippen LogP) is 3.23. The molecule has 0 aliphatic heterocycles. The van der Waals surface area contributed by atoms with E-state index in [2.05, 4.69) is 5.32 Å². The summed E-state index contributed by atoms with van der Waals surface area (Å²) in [5, 5.41) is 13.7. The molecule has 0 aliphatic rings. The van der Waals surface area contributed by atoms with E-state index in [4.69, 9.17) is 10.00 Å². The molecule has 1 N–H and O–H groups in total. The van der Waals surface area contributed by atoms with Crippen molar-refractivity contribution in [1.29, 1.82) is 5.26 Å². The average Bonchev–Trinajstić information content (AvgIpc) is 2.72. The van der Waals surface area contributed by atoms with Crippen molar-refractivity contribution in [1.82, 2.24) is 5.32 Å². The number of fused-ring (bicyclic) bond motifs is 1. The lowest BCUT2D eigenvalue weighted by molar-refractivity contribution is -0.142. The van der Waals surface area contributed by atoms with Crippen LogP contribution in [0.3, 0.4) is 0 Å². The number of benzene rings is 3. The van der Waals surface area contributed by atoms with Crippen LogP contribution in [0.1, 0.15) is 21.5 Å². The van der Waals surface area contributed by atoms with Gasteiger partial charge in [-0.2, -0.15) is 5.26 Å². The maximum absolute atomic E-state index is 12.5. The second-order valence-corrected chi connectivity index (χ2v) is 6.12. The van der Waals surface area contributed by atoms with E-state index < -0.39 is 17.9 Å². The molecule has 27 heavy (non-hydrogen) atoms. The molecule has 0 aliphatic carbocycles. The minimum absolute atomic E-state index is 0.319. The fourth-order valence-corrected chi connectivity index (χ4v) is 2.87. The van der Waals surface area contributed by atoms with Gasteiger partial charge in [0, 0.05) is 12.0 Å². The Morgan fingerprint density at radius 3 is 2.41 bits per heavy atom. The first-order valence-electron chi connectivity index (χ1n) is 8.47. The number of esters is 1. The predicted molar refractivity (Wildman–Crippen MR) is 102 cm³/mol. The molecule has 0 fully saturated rings. The summed E-state index contributed by atoms with van der Waals surface area (Å²) in [7, 11) is 1.30. The summed E-state index contributed by atoms with van der Waals surface area (Å²) in [5.41, 5.74) is 1.76. The lowest BCUT2D eigenvalue weighted by Gasteiger charge is -2.17. The molecule has 0 unspecified atom stereocenters. The summed E-state index contributed by atoms with van der Waals surface area (Å²) in [6.07, 6.45) is 0.319. The number of carbonyl (C=O) groups is 2. The van der Waals surface area contributed by atoms with Crippen molar-refractivity contribution in [2.45, 2.75) is 12.5 Å². The molecule has 0 saturated heterocycles. The van der Waals surface area contributed by atoms with Crippen molar-refractivity contribution in [3.63, 3.8) is 0 Å². The molecular weight excluding hydrogens is 340 g/mol. The highest BCUT2D eigenvalue weighted by Crippen LogP contribution is 2.17. The van der Waals surface area contributed by atoms with Crippen LogP contribution >= 0.6 is 0 Å². The first-order valence-corrected chi connectivity index (χ1v) is 8.47. The first-order chi connectivity index (χ1) is 13.1. The van der Waals surface area contributed by atoms with Crippen LogP contribution in [0, 0.1) is 11.3 Å². The van der Waals surface area contributed by atoms with E-state index >= 15 is 0 Å². The molecule has 3 aromatic rings. The standard InChI is InChI=1S/C22H18N2O3/c1-27-22(26)20(24-21(25)18-10-6-15(14-23)7-11-18)13-16-8-9-17-4-2-3-5-19(17)12-16/h2-12,20H,13H2,1H3,(H,24,25)/t20-/m1/s1. The molecule has 3 aromatic carbocycles. The van der Waals surface area contributed by atoms with Crippen LogP contribution in [0.2, 0.25) is 0 Å². The van der Waals surface area contributed by atoms with Crippen molar-refractivity contribution in [2.75, 3.05) is 7.11 Å². The summed E-state index contributed by atoms with van der Waals surface area (Å²) in [4.78, 5) is 24.6. The molecule has 3 rings (SSSR count). The van der Waals surface area contributed by atoms with Gasteiger partial charge >= 0.3 is 5.97 Å². The van der Waals surface area contributed by atoms with Crippen LogP contribution < -0.4 is 5.32 Å². The zero-order chi connectivity index (χ0) is 19.2. The number of methoxy groups -OCH3 is 1. The van der Waals surface area contributed by atoms with Gasteiger partial charge in [-0.1, -0.05) is 42.5 Å². The highest BCUT2D eigenvalue weighted by atomic mass is 16.5. The zero-order valence-corrected chi connectivity index (χ0v) is 14.8. The van der Waals surface area contributed by atoms with Crippen molar-refractivity contribution >= 4 is 22.6 Å². The largest absolute Gasteiger partial charge is 0.467 e. The molecule has 1 atom stereocenters. The number of nitriles is 1. The van der Waals surface area contributed by atoms with Gasteiger partial charge < -0.3 is 10.1 Å². The third-order valence-corrected chi connectivity index (χ3v) is 4.32. The zero-order valence-electron chi connectivity index (χ0n) is 14.8. The van der Waals surface area contributed by atoms with Gasteiger partial charge in [0.15, 0.2) is 0 Å². The van der Waals surface area contributed by atoms with Crippen molar-refractivity contribution in [3.8, 4) is 6.07 Å². The van der Waals surface area contributed by atoms with E-state index in [0.29, 0.717) is 17.5 Å². The topological polar surface area (TPSA) is 79.2 Å². The van der Waals surface area contributed by atoms with Gasteiger partial charge in [0.05, 0.1) is 18.7 Å². The van der Waals surface area contributed by atoms with Crippen LogP contribution in [0.15, 0.2) is 66.7 Å². The average molecular weight is 358 g/mol. The van der Waals surface area contributed by atoms with Crippen LogP contribution in [-0.2, 0) is 16.0 Å². The Balaban J connectivity index is 1.79. The third kappa shape index (κ3) is 4.31. The lowest BCUT2D eigenvalue weighted by Crippen LogP contribution is -2.43. The first kappa shape index (κ1) is 18.2. The van der Waals surface area contributed by atoms with Gasteiger partial charge in [-0.15, -0.1) is 0 Å². The smallest absolute Gasteiger partial charge is 0.328 e. The van der Waals surface area contributed by atoms with Gasteiger partial charge in [0.1, 0.15) is 6.04 Å². The fraction of sp³-hybridized carbons (Fsp3) is 0.136. The number of amides is 1. The Bertz CT molecular complexity index is 1020. The quantitative estimate of drug-likeness (QED) is 0.710. The Kier molecular flexibility index (Phi) is 5.48. The van der Waals surface area contributed by atoms with Gasteiger partial charge in [-0.3, -0.25) is 4.79 Å². The third-order valence-electron chi connectivity index (χ3n) is 4.32. The number of hydrogen-bond donors (Lipinski definition) is 1. The normalized spacial score (nSPS) is 11.4. The minimum atomic E-state index is -0.806. The van der Waals surface area contributed by atoms with Gasteiger partial charge in [-0.25, -0.2) is 4.79 Å². The molecule has 0 aromatic heterocycles. The number of hydrogen-bond acceptors (Lipinski definition) is 4. The Morgan fingerprint density at radius 1 is 1.04 bits per heavy atom. The monoisotopic (exact) mass is 358 g/mol. The summed E-state index contributed by atoms with van der Waals surface area (Å²) in [6, 6.07) is 21.3. The highest BCUT2D eigenvalue weighted by Gasteiger charge is 2.22. The van der Waals surface area contributed by atoms with Gasteiger partial charge in [0.2, 0.25) is 0 Å². The Morgan fingerprint density at radius 2 is 1.74 bits per heavy atom. The van der Waals surface area contributed by atoms with Crippen LogP contribution in [0.5, 0.6) is 0 Å². The highest BCUT2D eigenvalue weighted by molar-refractivity contribution is 5.97. The van der Waals surface area contributed by atoms with E-state index in [-0.39, 0.29) is 0 Å². The SMILES string of the molecule is COC(=O)[C@@H](Cc1ccc2ccccc2c1)NC(=O)c1ccc(C#N)cc1. The minimum Gasteiger partial charge on any atom is -0.467 e. The molecule has 1 amide bonds. The second-order valence-electron chi connectivity index (χ2n) is 6.12. The van der Waals surface area contributed by atoms with Gasteiger partial charge in [-0.05, 0) is 40.6 Å². The molecular formula is C22H18N2O3. The molecule has 134 valence electrons. The van der Waals surface area contributed by atoms with E-state index in [1.165, 1.54) is 7.11 Å². The summed E-state index contributed by atoms with van der Waals surface area (Å²) < 4.78 is 4.85. The van der Waals surface area contributed by atoms with Crippen LogP contribution in [-0.4, -0.2) is 25.0 Å². The molecule has 5 heteroatoms. The van der Waals surface area contributed by atoms with E-state index in [9.17, 15) is 9.59 Å². The van der Waals surface area contributed by atoms with E-state index in [1.807, 2.05) is 48.5 Å². The molecule has 0 heterocycles. The Labute approximate surface area is 157 Å². The number of carbonyl (C=O) groups excluding carboxylic acids is 2. The molecule has 0 bridgehead atoms. The van der Waals surface area contributed by atoms with E-state index in [0.717, 1.165) is 16.3 Å². The summed E-state index contributed by atoms with van der Waals surface area (Å²) in [6.45, 7) is 0. The molecule has 0 spiro atoms. The summed E-state index contributed by atoms with van der Waals surface area (Å²) in [5.74, 6) is -0.902. The fourth-order valence-electron chi connectivity index (χ4n) is 2.87. The van der Waals surface area contributed by atoms with E-state index in [1.54, 1.807) is 24.3 Å². The van der Waals surface area contributed by atoms with Crippen LogP contribution in [0.25, 0.3) is 10.8 Å². The maximum atomic E-state index is 12.5. The van der Waals surface area contributed by atoms with Crippen molar-refractivity contribution in [3.05, 3.63) is 83.4 Å². The van der Waals surface area contributed by atoms with Crippen LogP contribution in [0.4, 0.5) is 0 Å². The lowest BCUT2D eigenvalue weighted by atomic mass is 10.0. The molecule has 5 nitrogen and oxygen atoms in total. The number of rotatable bonds is 5. The molecule has 0 radical (unpaired) electrons. The Hall–Kier alpha value is -3.65. The van der Waals surface area contributed by atoms with Crippen molar-refractivity contribution < 1.29 is 14.3 Å².